The number of nitrogens with zero attached hydrogens (tertiary/aromatic N) is 1. The van der Waals surface area contributed by atoms with Crippen molar-refractivity contribution < 1.29 is 19.4 Å². The molecular formula is C10H19NO4. The second-order valence-electron chi connectivity index (χ2n) is 3.30. The van der Waals surface area contributed by atoms with Gasteiger partial charge in [-0.25, -0.2) is 0 Å². The number of amides is 1. The molecule has 5 heteroatoms. The number of Topliss-reactive ketones (excluding diaryl/α,β-unsaturated/α-hetero) is 1. The molecule has 0 saturated heterocycles. The minimum absolute atomic E-state index is 0.000889. The van der Waals surface area contributed by atoms with Crippen molar-refractivity contribution in [2.45, 2.75) is 19.8 Å². The highest BCUT2D eigenvalue weighted by Crippen LogP contribution is 1.98. The van der Waals surface area contributed by atoms with E-state index in [4.69, 9.17) is 9.84 Å². The Labute approximate surface area is 90.0 Å². The van der Waals surface area contributed by atoms with Crippen molar-refractivity contribution in [3.8, 4) is 0 Å². The Morgan fingerprint density at radius 3 is 2.40 bits per heavy atom. The third-order valence-electron chi connectivity index (χ3n) is 1.98. The number of rotatable bonds is 8. The number of aliphatic hydroxyl groups excluding tert-OH is 1. The zero-order chi connectivity index (χ0) is 11.7. The average molecular weight is 217 g/mol. The van der Waals surface area contributed by atoms with E-state index in [9.17, 15) is 9.59 Å². The summed E-state index contributed by atoms with van der Waals surface area (Å²) >= 11 is 0. The molecule has 0 bridgehead atoms. The Kier molecular flexibility index (Phi) is 7.85. The molecule has 15 heavy (non-hydrogen) atoms. The van der Waals surface area contributed by atoms with Crippen molar-refractivity contribution in [1.29, 1.82) is 0 Å². The number of ether oxygens (including phenoxy) is 1. The maximum absolute atomic E-state index is 11.6. The molecule has 0 aromatic rings. The molecule has 1 N–H and O–H groups in total. The molecule has 0 aromatic heterocycles. The van der Waals surface area contributed by atoms with Crippen LogP contribution in [0.4, 0.5) is 0 Å². The van der Waals surface area contributed by atoms with Gasteiger partial charge in [0.25, 0.3) is 0 Å². The van der Waals surface area contributed by atoms with Gasteiger partial charge in [-0.15, -0.1) is 0 Å². The first kappa shape index (κ1) is 14.1. The lowest BCUT2D eigenvalue weighted by molar-refractivity contribution is -0.134. The molecule has 5 nitrogen and oxygen atoms in total. The van der Waals surface area contributed by atoms with Crippen molar-refractivity contribution in [3.05, 3.63) is 0 Å². The van der Waals surface area contributed by atoms with Gasteiger partial charge in [0.1, 0.15) is 5.78 Å². The first-order chi connectivity index (χ1) is 7.11. The van der Waals surface area contributed by atoms with Crippen LogP contribution in [-0.4, -0.2) is 55.1 Å². The molecule has 1 amide bonds. The van der Waals surface area contributed by atoms with E-state index in [1.54, 1.807) is 7.11 Å². The Bertz CT molecular complexity index is 206. The molecule has 0 aliphatic rings. The Balaban J connectivity index is 3.97. The predicted molar refractivity (Wildman–Crippen MR) is 55.5 cm³/mol. The molecule has 0 radical (unpaired) electrons. The molecule has 0 aliphatic carbocycles. The highest BCUT2D eigenvalue weighted by Gasteiger charge is 2.12. The number of hydrogen-bond donors (Lipinski definition) is 1. The summed E-state index contributed by atoms with van der Waals surface area (Å²) < 4.78 is 4.85. The number of carbonyl (C=O) groups excluding carboxylic acids is 2. The highest BCUT2D eigenvalue weighted by atomic mass is 16.5. The van der Waals surface area contributed by atoms with Gasteiger partial charge < -0.3 is 19.5 Å². The molecular weight excluding hydrogens is 198 g/mol. The van der Waals surface area contributed by atoms with E-state index in [1.807, 2.05) is 0 Å². The van der Waals surface area contributed by atoms with Crippen LogP contribution in [0, 0.1) is 0 Å². The molecule has 0 aromatic carbocycles. The maximum atomic E-state index is 11.6. The van der Waals surface area contributed by atoms with E-state index >= 15 is 0 Å². The summed E-state index contributed by atoms with van der Waals surface area (Å²) in [4.78, 5) is 23.8. The zero-order valence-corrected chi connectivity index (χ0v) is 9.36. The lowest BCUT2D eigenvalue weighted by Gasteiger charge is -2.21. The number of methoxy groups -OCH3 is 1. The summed E-state index contributed by atoms with van der Waals surface area (Å²) in [6, 6.07) is 0. The predicted octanol–water partition coefficient (Wildman–Crippen LogP) is -0.177. The second kappa shape index (κ2) is 8.38. The van der Waals surface area contributed by atoms with Crippen LogP contribution in [0.5, 0.6) is 0 Å². The fourth-order valence-corrected chi connectivity index (χ4v) is 1.12. The minimum atomic E-state index is -0.115. The topological polar surface area (TPSA) is 66.8 Å². The number of carbonyl (C=O) groups is 2. The Morgan fingerprint density at radius 1 is 1.27 bits per heavy atom. The number of aliphatic hydroxyl groups is 1. The smallest absolute Gasteiger partial charge is 0.223 e. The van der Waals surface area contributed by atoms with Crippen LogP contribution in [0.2, 0.25) is 0 Å². The molecule has 0 saturated carbocycles. The minimum Gasteiger partial charge on any atom is -0.395 e. The Hall–Kier alpha value is -0.940. The highest BCUT2D eigenvalue weighted by molar-refractivity contribution is 5.83. The van der Waals surface area contributed by atoms with E-state index in [0.29, 0.717) is 19.7 Å². The number of ketones is 1. The zero-order valence-electron chi connectivity index (χ0n) is 9.36. The van der Waals surface area contributed by atoms with Gasteiger partial charge in [0.05, 0.1) is 13.2 Å². The van der Waals surface area contributed by atoms with Gasteiger partial charge in [0.2, 0.25) is 5.91 Å². The lowest BCUT2D eigenvalue weighted by atomic mass is 10.2. The standard InChI is InChI=1S/C10H19NO4/c1-9(13)3-4-10(14)11(5-7-12)6-8-15-2/h12H,3-8H2,1-2H3. The third-order valence-corrected chi connectivity index (χ3v) is 1.98. The maximum Gasteiger partial charge on any atom is 0.223 e. The van der Waals surface area contributed by atoms with Crippen molar-refractivity contribution in [2.75, 3.05) is 33.4 Å². The molecule has 0 aliphatic heterocycles. The molecule has 0 heterocycles. The molecule has 0 atom stereocenters. The van der Waals surface area contributed by atoms with Crippen LogP contribution in [0.1, 0.15) is 19.8 Å². The molecule has 0 unspecified atom stereocenters. The summed E-state index contributed by atoms with van der Waals surface area (Å²) in [6.45, 7) is 2.56. The van der Waals surface area contributed by atoms with Crippen LogP contribution in [-0.2, 0) is 14.3 Å². The van der Waals surface area contributed by atoms with Gasteiger partial charge in [-0.05, 0) is 6.92 Å². The summed E-state index contributed by atoms with van der Waals surface area (Å²) in [5, 5.41) is 8.76. The summed E-state index contributed by atoms with van der Waals surface area (Å²) in [5.74, 6) is -0.115. The van der Waals surface area contributed by atoms with Gasteiger partial charge in [0.15, 0.2) is 0 Å². The van der Waals surface area contributed by atoms with Crippen molar-refractivity contribution in [3.63, 3.8) is 0 Å². The molecule has 0 rings (SSSR count). The first-order valence-electron chi connectivity index (χ1n) is 4.98. The fourth-order valence-electron chi connectivity index (χ4n) is 1.12. The summed E-state index contributed by atoms with van der Waals surface area (Å²) in [7, 11) is 1.55. The van der Waals surface area contributed by atoms with Crippen LogP contribution in [0.15, 0.2) is 0 Å². The second-order valence-corrected chi connectivity index (χ2v) is 3.30. The Morgan fingerprint density at radius 2 is 1.93 bits per heavy atom. The molecule has 0 spiro atoms. The average Bonchev–Trinajstić information content (AvgIpc) is 2.20. The van der Waals surface area contributed by atoms with Gasteiger partial charge >= 0.3 is 0 Å². The van der Waals surface area contributed by atoms with Crippen molar-refractivity contribution in [2.24, 2.45) is 0 Å². The van der Waals surface area contributed by atoms with E-state index in [2.05, 4.69) is 0 Å². The van der Waals surface area contributed by atoms with Crippen LogP contribution in [0.3, 0.4) is 0 Å². The van der Waals surface area contributed by atoms with Crippen LogP contribution >= 0.6 is 0 Å². The van der Waals surface area contributed by atoms with E-state index in [-0.39, 0.29) is 31.1 Å². The largest absolute Gasteiger partial charge is 0.395 e. The van der Waals surface area contributed by atoms with Crippen molar-refractivity contribution >= 4 is 11.7 Å². The van der Waals surface area contributed by atoms with Crippen LogP contribution in [0.25, 0.3) is 0 Å². The molecule has 88 valence electrons. The normalized spacial score (nSPS) is 10.1. The van der Waals surface area contributed by atoms with Gasteiger partial charge in [-0.2, -0.15) is 0 Å². The van der Waals surface area contributed by atoms with Crippen LogP contribution < -0.4 is 0 Å². The quantitative estimate of drug-likeness (QED) is 0.612. The van der Waals surface area contributed by atoms with E-state index < -0.39 is 0 Å². The molecule has 0 fully saturated rings. The summed E-state index contributed by atoms with van der Waals surface area (Å²) in [6.07, 6.45) is 0.465. The lowest BCUT2D eigenvalue weighted by Crippen LogP contribution is -2.36. The van der Waals surface area contributed by atoms with Gasteiger partial charge in [-0.1, -0.05) is 0 Å². The monoisotopic (exact) mass is 217 g/mol. The SMILES string of the molecule is COCCN(CCO)C(=O)CCC(C)=O. The third kappa shape index (κ3) is 7.04. The van der Waals surface area contributed by atoms with Gasteiger partial charge in [0, 0.05) is 33.0 Å². The number of hydrogen-bond acceptors (Lipinski definition) is 4. The summed E-state index contributed by atoms with van der Waals surface area (Å²) in [5.41, 5.74) is 0. The first-order valence-corrected chi connectivity index (χ1v) is 4.98. The van der Waals surface area contributed by atoms with E-state index in [1.165, 1.54) is 11.8 Å². The fraction of sp³-hybridized carbons (Fsp3) is 0.800. The van der Waals surface area contributed by atoms with Gasteiger partial charge in [-0.3, -0.25) is 4.79 Å². The van der Waals surface area contributed by atoms with Crippen molar-refractivity contribution in [1.82, 2.24) is 4.90 Å². The van der Waals surface area contributed by atoms with E-state index in [0.717, 1.165) is 0 Å².